The molecule has 0 unspecified atom stereocenters. The first kappa shape index (κ1) is 24.3. The fourth-order valence-electron chi connectivity index (χ4n) is 4.29. The van der Waals surface area contributed by atoms with Gasteiger partial charge in [-0.3, -0.25) is 14.5 Å². The second-order valence-electron chi connectivity index (χ2n) is 9.69. The highest BCUT2D eigenvalue weighted by atomic mass is 16.6. The lowest BCUT2D eigenvalue weighted by Crippen LogP contribution is -2.46. The van der Waals surface area contributed by atoms with E-state index >= 15 is 0 Å². The van der Waals surface area contributed by atoms with Crippen molar-refractivity contribution in [1.82, 2.24) is 15.1 Å². The molecule has 35 heavy (non-hydrogen) atoms. The van der Waals surface area contributed by atoms with Gasteiger partial charge in [0.1, 0.15) is 12.2 Å². The van der Waals surface area contributed by atoms with Crippen LogP contribution in [0.5, 0.6) is 0 Å². The molecule has 0 aliphatic carbocycles. The maximum Gasteiger partial charge on any atom is 0.410 e. The van der Waals surface area contributed by atoms with E-state index in [0.717, 1.165) is 10.5 Å². The van der Waals surface area contributed by atoms with Gasteiger partial charge in [-0.2, -0.15) is 0 Å². The van der Waals surface area contributed by atoms with Gasteiger partial charge in [-0.05, 0) is 44.9 Å². The van der Waals surface area contributed by atoms with E-state index in [1.807, 2.05) is 30.3 Å². The lowest BCUT2D eigenvalue weighted by Gasteiger charge is -2.30. The molecule has 2 aromatic carbocycles. The molecular weight excluding hydrogens is 450 g/mol. The zero-order valence-corrected chi connectivity index (χ0v) is 20.0. The highest BCUT2D eigenvalue weighted by molar-refractivity contribution is 6.21. The number of hydrogen-bond acceptors (Lipinski definition) is 6. The summed E-state index contributed by atoms with van der Waals surface area (Å²) >= 11 is 0. The number of hydrogen-bond donors (Lipinski definition) is 1. The van der Waals surface area contributed by atoms with E-state index in [4.69, 9.17) is 9.47 Å². The monoisotopic (exact) mass is 479 g/mol. The minimum atomic E-state index is -0.725. The highest BCUT2D eigenvalue weighted by Crippen LogP contribution is 2.27. The zero-order chi connectivity index (χ0) is 25.2. The molecule has 9 nitrogen and oxygen atoms in total. The molecule has 4 rings (SSSR count). The van der Waals surface area contributed by atoms with Crippen molar-refractivity contribution in [1.29, 1.82) is 0 Å². The van der Waals surface area contributed by atoms with Gasteiger partial charge in [-0.15, -0.1) is 0 Å². The van der Waals surface area contributed by atoms with Crippen LogP contribution in [0.2, 0.25) is 0 Å². The molecule has 0 radical (unpaired) electrons. The second-order valence-corrected chi connectivity index (χ2v) is 9.69. The first-order valence-electron chi connectivity index (χ1n) is 11.5. The second kappa shape index (κ2) is 9.77. The number of rotatable bonds is 5. The van der Waals surface area contributed by atoms with Crippen molar-refractivity contribution in [2.75, 3.05) is 13.1 Å². The molecule has 0 bridgehead atoms. The minimum absolute atomic E-state index is 0.00281. The van der Waals surface area contributed by atoms with Gasteiger partial charge in [0.05, 0.1) is 23.2 Å². The first-order chi connectivity index (χ1) is 16.6. The van der Waals surface area contributed by atoms with Crippen LogP contribution >= 0.6 is 0 Å². The van der Waals surface area contributed by atoms with Crippen LogP contribution in [0, 0.1) is 0 Å². The van der Waals surface area contributed by atoms with E-state index in [1.54, 1.807) is 45.0 Å². The predicted octanol–water partition coefficient (Wildman–Crippen LogP) is 3.59. The molecule has 1 N–H and O–H groups in total. The van der Waals surface area contributed by atoms with Crippen molar-refractivity contribution in [3.05, 3.63) is 71.3 Å². The molecule has 1 fully saturated rings. The Balaban J connectivity index is 1.44. The third-order valence-corrected chi connectivity index (χ3v) is 5.85. The molecule has 1 saturated heterocycles. The van der Waals surface area contributed by atoms with E-state index in [9.17, 15) is 19.2 Å². The molecule has 184 valence electrons. The number of carbonyl (C=O) groups is 4. The van der Waals surface area contributed by atoms with Crippen LogP contribution in [0.1, 0.15) is 53.5 Å². The summed E-state index contributed by atoms with van der Waals surface area (Å²) in [6, 6.07) is 15.0. The van der Waals surface area contributed by atoms with E-state index in [1.165, 1.54) is 4.90 Å². The summed E-state index contributed by atoms with van der Waals surface area (Å²) in [4.78, 5) is 53.7. The standard InChI is InChI=1S/C26H29N3O6/c1-26(2,3)35-25(33)28-14-18(27-24(32)34-16-17-9-5-4-6-10-17)13-19(28)15-29-22(30)20-11-7-8-12-21(20)23(29)31/h4-12,18-19H,13-16H2,1-3H3,(H,27,32)/t18-,19-/m1/s1. The van der Waals surface area contributed by atoms with E-state index in [2.05, 4.69) is 5.32 Å². The number of fused-ring (bicyclic) bond motifs is 1. The van der Waals surface area contributed by atoms with Gasteiger partial charge >= 0.3 is 12.2 Å². The van der Waals surface area contributed by atoms with Crippen LogP contribution in [0.25, 0.3) is 0 Å². The minimum Gasteiger partial charge on any atom is -0.445 e. The van der Waals surface area contributed by atoms with E-state index in [0.29, 0.717) is 17.5 Å². The zero-order valence-electron chi connectivity index (χ0n) is 20.0. The number of alkyl carbamates (subject to hydrolysis) is 1. The summed E-state index contributed by atoms with van der Waals surface area (Å²) in [6.07, 6.45) is -0.835. The van der Waals surface area contributed by atoms with Crippen molar-refractivity contribution < 1.29 is 28.7 Å². The Hall–Kier alpha value is -3.88. The molecule has 2 heterocycles. The van der Waals surface area contributed by atoms with E-state index in [-0.39, 0.29) is 19.7 Å². The number of ether oxygens (including phenoxy) is 2. The van der Waals surface area contributed by atoms with Crippen LogP contribution in [-0.4, -0.2) is 64.6 Å². The molecule has 0 spiro atoms. The predicted molar refractivity (Wildman–Crippen MR) is 127 cm³/mol. The topological polar surface area (TPSA) is 105 Å². The number of amides is 4. The third-order valence-electron chi connectivity index (χ3n) is 5.85. The fraction of sp³-hybridized carbons (Fsp3) is 0.385. The summed E-state index contributed by atoms with van der Waals surface area (Å²) in [5.74, 6) is -0.790. The molecular formula is C26H29N3O6. The van der Waals surface area contributed by atoms with Gasteiger partial charge in [0.2, 0.25) is 0 Å². The van der Waals surface area contributed by atoms with Gasteiger partial charge in [0.25, 0.3) is 11.8 Å². The van der Waals surface area contributed by atoms with Crippen molar-refractivity contribution in [3.8, 4) is 0 Å². The molecule has 2 atom stereocenters. The smallest absolute Gasteiger partial charge is 0.410 e. The number of nitrogens with zero attached hydrogens (tertiary/aromatic N) is 2. The SMILES string of the molecule is CC(C)(C)OC(=O)N1C[C@H](NC(=O)OCc2ccccc2)C[C@@H]1CN1C(=O)c2ccccc2C1=O. The van der Waals surface area contributed by atoms with Gasteiger partial charge < -0.3 is 19.7 Å². The average molecular weight is 480 g/mol. The molecule has 0 aromatic heterocycles. The Morgan fingerprint density at radius 1 is 0.971 bits per heavy atom. The fourth-order valence-corrected chi connectivity index (χ4v) is 4.29. The van der Waals surface area contributed by atoms with Gasteiger partial charge in [-0.1, -0.05) is 42.5 Å². The maximum absolute atomic E-state index is 12.9. The Morgan fingerprint density at radius 3 is 2.17 bits per heavy atom. The highest BCUT2D eigenvalue weighted by Gasteiger charge is 2.43. The van der Waals surface area contributed by atoms with Gasteiger partial charge in [-0.25, -0.2) is 9.59 Å². The van der Waals surface area contributed by atoms with Crippen LogP contribution < -0.4 is 5.32 Å². The lowest BCUT2D eigenvalue weighted by molar-refractivity contribution is 0.0188. The van der Waals surface area contributed by atoms with Crippen molar-refractivity contribution in [2.45, 2.75) is 51.5 Å². The van der Waals surface area contributed by atoms with Crippen LogP contribution in [0.15, 0.2) is 54.6 Å². The third kappa shape index (κ3) is 5.62. The molecule has 9 heteroatoms. The Bertz CT molecular complexity index is 1090. The summed E-state index contributed by atoms with van der Waals surface area (Å²) in [7, 11) is 0. The summed E-state index contributed by atoms with van der Waals surface area (Å²) in [5, 5.41) is 2.79. The largest absolute Gasteiger partial charge is 0.445 e. The van der Waals surface area contributed by atoms with Gasteiger partial charge in [0.15, 0.2) is 0 Å². The molecule has 2 aliphatic rings. The van der Waals surface area contributed by atoms with Crippen molar-refractivity contribution in [2.24, 2.45) is 0 Å². The van der Waals surface area contributed by atoms with Crippen LogP contribution in [0.4, 0.5) is 9.59 Å². The summed E-state index contributed by atoms with van der Waals surface area (Å²) in [5.41, 5.74) is 0.821. The Labute approximate surface area is 204 Å². The molecule has 0 saturated carbocycles. The van der Waals surface area contributed by atoms with Crippen molar-refractivity contribution >= 4 is 24.0 Å². The number of imide groups is 1. The number of carbonyl (C=O) groups excluding carboxylic acids is 4. The number of likely N-dealkylation sites (tertiary alicyclic amines) is 1. The average Bonchev–Trinajstić information content (AvgIpc) is 3.32. The number of nitrogens with one attached hydrogen (secondary N) is 1. The summed E-state index contributed by atoms with van der Waals surface area (Å²) < 4.78 is 10.9. The first-order valence-corrected chi connectivity index (χ1v) is 11.5. The maximum atomic E-state index is 12.9. The number of benzene rings is 2. The normalized spacial score (nSPS) is 19.5. The Morgan fingerprint density at radius 2 is 1.57 bits per heavy atom. The van der Waals surface area contributed by atoms with Gasteiger partial charge in [0, 0.05) is 13.1 Å². The van der Waals surface area contributed by atoms with Crippen molar-refractivity contribution in [3.63, 3.8) is 0 Å². The van der Waals surface area contributed by atoms with E-state index < -0.39 is 41.7 Å². The van der Waals surface area contributed by atoms with Crippen LogP contribution in [0.3, 0.4) is 0 Å². The quantitative estimate of drug-likeness (QED) is 0.657. The molecule has 2 aromatic rings. The Kier molecular flexibility index (Phi) is 6.77. The van der Waals surface area contributed by atoms with Crippen LogP contribution in [-0.2, 0) is 16.1 Å². The molecule has 2 aliphatic heterocycles. The summed E-state index contributed by atoms with van der Waals surface area (Å²) in [6.45, 7) is 5.57. The lowest BCUT2D eigenvalue weighted by atomic mass is 10.1. The molecule has 4 amide bonds.